The number of amides is 1. The van der Waals surface area contributed by atoms with Gasteiger partial charge in [-0.15, -0.1) is 0 Å². The second kappa shape index (κ2) is 9.03. The van der Waals surface area contributed by atoms with Crippen molar-refractivity contribution >= 4 is 15.9 Å². The summed E-state index contributed by atoms with van der Waals surface area (Å²) >= 11 is 0. The van der Waals surface area contributed by atoms with Crippen molar-refractivity contribution in [2.75, 3.05) is 13.7 Å². The molecule has 0 aliphatic heterocycles. The van der Waals surface area contributed by atoms with Gasteiger partial charge < -0.3 is 15.8 Å². The molecule has 0 saturated heterocycles. The highest BCUT2D eigenvalue weighted by atomic mass is 32.2. The zero-order chi connectivity index (χ0) is 20.1. The van der Waals surface area contributed by atoms with Crippen molar-refractivity contribution in [3.63, 3.8) is 0 Å². The van der Waals surface area contributed by atoms with Crippen molar-refractivity contribution < 1.29 is 17.9 Å². The molecule has 27 heavy (non-hydrogen) atoms. The third kappa shape index (κ3) is 5.43. The van der Waals surface area contributed by atoms with Crippen LogP contribution in [0.3, 0.4) is 0 Å². The third-order valence-electron chi connectivity index (χ3n) is 5.40. The second-order valence-electron chi connectivity index (χ2n) is 7.22. The van der Waals surface area contributed by atoms with E-state index in [0.29, 0.717) is 6.54 Å². The number of nitrogens with two attached hydrogens (primary N) is 1. The number of methoxy groups -OCH3 is 1. The summed E-state index contributed by atoms with van der Waals surface area (Å²) < 4.78 is 33.6. The van der Waals surface area contributed by atoms with Crippen molar-refractivity contribution in [2.24, 2.45) is 5.73 Å². The Labute approximate surface area is 162 Å². The highest BCUT2D eigenvalue weighted by Gasteiger charge is 2.27. The number of ether oxygens (including phenoxy) is 1. The molecule has 8 heteroatoms. The molecule has 0 atom stereocenters. The van der Waals surface area contributed by atoms with E-state index in [2.05, 4.69) is 10.0 Å². The zero-order valence-electron chi connectivity index (χ0n) is 16.4. The number of benzene rings is 1. The Kier molecular flexibility index (Phi) is 7.25. The number of hydrogen-bond donors (Lipinski definition) is 3. The fourth-order valence-corrected chi connectivity index (χ4v) is 4.71. The zero-order valence-corrected chi connectivity index (χ0v) is 17.2. The Bertz CT molecular complexity index is 754. The van der Waals surface area contributed by atoms with Gasteiger partial charge in [0, 0.05) is 23.7 Å². The normalized spacial score (nSPS) is 15.7. The maximum Gasteiger partial charge on any atom is 0.251 e. The van der Waals surface area contributed by atoms with Gasteiger partial charge in [0.2, 0.25) is 10.0 Å². The monoisotopic (exact) mass is 397 g/mol. The molecule has 0 bridgehead atoms. The second-order valence-corrected chi connectivity index (χ2v) is 8.90. The van der Waals surface area contributed by atoms with Crippen molar-refractivity contribution in [3.05, 3.63) is 23.8 Å². The molecule has 1 amide bonds. The molecule has 0 aromatic heterocycles. The van der Waals surface area contributed by atoms with Crippen molar-refractivity contribution in [3.8, 4) is 5.75 Å². The predicted octanol–water partition coefficient (Wildman–Crippen LogP) is 2.16. The molecule has 1 saturated carbocycles. The average Bonchev–Trinajstić information content (AvgIpc) is 3.17. The van der Waals surface area contributed by atoms with Crippen LogP contribution in [0.1, 0.15) is 62.7 Å². The van der Waals surface area contributed by atoms with Crippen LogP contribution in [0, 0.1) is 0 Å². The van der Waals surface area contributed by atoms with E-state index in [1.807, 2.05) is 13.8 Å². The van der Waals surface area contributed by atoms with Gasteiger partial charge in [-0.25, -0.2) is 13.1 Å². The number of carbonyl (C=O) groups is 1. The molecule has 1 aliphatic rings. The lowest BCUT2D eigenvalue weighted by molar-refractivity contribution is 0.0942. The van der Waals surface area contributed by atoms with Gasteiger partial charge in [-0.05, 0) is 43.9 Å². The summed E-state index contributed by atoms with van der Waals surface area (Å²) in [4.78, 5) is 12.5. The van der Waals surface area contributed by atoms with Gasteiger partial charge in [-0.3, -0.25) is 4.79 Å². The Hall–Kier alpha value is -1.64. The number of nitrogens with one attached hydrogen (secondary N) is 2. The minimum absolute atomic E-state index is 0.0189. The maximum absolute atomic E-state index is 12.8. The summed E-state index contributed by atoms with van der Waals surface area (Å²) in [5.41, 5.74) is 6.01. The predicted molar refractivity (Wildman–Crippen MR) is 105 cm³/mol. The summed E-state index contributed by atoms with van der Waals surface area (Å²) in [7, 11) is -2.36. The van der Waals surface area contributed by atoms with E-state index in [1.54, 1.807) is 6.07 Å². The molecule has 2 rings (SSSR count). The summed E-state index contributed by atoms with van der Waals surface area (Å²) in [6.45, 7) is 4.28. The van der Waals surface area contributed by atoms with Crippen LogP contribution in [0.25, 0.3) is 0 Å². The van der Waals surface area contributed by atoms with E-state index >= 15 is 0 Å². The van der Waals surface area contributed by atoms with Crippen LogP contribution >= 0.6 is 0 Å². The first-order valence-electron chi connectivity index (χ1n) is 9.52. The topological polar surface area (TPSA) is 111 Å². The van der Waals surface area contributed by atoms with Crippen LogP contribution in [0.4, 0.5) is 0 Å². The van der Waals surface area contributed by atoms with Gasteiger partial charge >= 0.3 is 0 Å². The van der Waals surface area contributed by atoms with E-state index in [4.69, 9.17) is 10.5 Å². The largest absolute Gasteiger partial charge is 0.495 e. The Morgan fingerprint density at radius 3 is 2.44 bits per heavy atom. The van der Waals surface area contributed by atoms with Crippen LogP contribution in [0.2, 0.25) is 0 Å². The molecule has 0 spiro atoms. The van der Waals surface area contributed by atoms with Crippen LogP contribution in [0.5, 0.6) is 5.75 Å². The first kappa shape index (κ1) is 21.7. The van der Waals surface area contributed by atoms with Crippen LogP contribution < -0.4 is 20.5 Å². The Morgan fingerprint density at radius 2 is 1.89 bits per heavy atom. The highest BCUT2D eigenvalue weighted by molar-refractivity contribution is 7.89. The van der Waals surface area contributed by atoms with E-state index in [1.165, 1.54) is 19.2 Å². The number of rotatable bonds is 9. The Morgan fingerprint density at radius 1 is 1.26 bits per heavy atom. The number of carbonyl (C=O) groups excluding carboxylic acids is 1. The molecule has 1 aromatic rings. The minimum Gasteiger partial charge on any atom is -0.495 e. The first-order chi connectivity index (χ1) is 12.7. The van der Waals surface area contributed by atoms with Gasteiger partial charge in [-0.2, -0.15) is 0 Å². The van der Waals surface area contributed by atoms with Crippen LogP contribution in [-0.2, 0) is 10.0 Å². The summed E-state index contributed by atoms with van der Waals surface area (Å²) in [5, 5.41) is 2.81. The minimum atomic E-state index is -3.77. The lowest BCUT2D eigenvalue weighted by Crippen LogP contribution is -2.49. The molecule has 1 aliphatic carbocycles. The molecule has 152 valence electrons. The molecular weight excluding hydrogens is 366 g/mol. The molecule has 7 nitrogen and oxygen atoms in total. The molecule has 1 aromatic carbocycles. The lowest BCUT2D eigenvalue weighted by Gasteiger charge is -2.26. The smallest absolute Gasteiger partial charge is 0.251 e. The lowest BCUT2D eigenvalue weighted by atomic mass is 9.94. The van der Waals surface area contributed by atoms with Gasteiger partial charge in [0.15, 0.2) is 0 Å². The highest BCUT2D eigenvalue weighted by Crippen LogP contribution is 2.27. The van der Waals surface area contributed by atoms with Gasteiger partial charge in [0.05, 0.1) is 7.11 Å². The quantitative estimate of drug-likeness (QED) is 0.591. The molecule has 0 heterocycles. The summed E-state index contributed by atoms with van der Waals surface area (Å²) in [5.74, 6) is -0.140. The maximum atomic E-state index is 12.8. The van der Waals surface area contributed by atoms with Gasteiger partial charge in [0.1, 0.15) is 10.6 Å². The third-order valence-corrected chi connectivity index (χ3v) is 6.94. The standard InChI is InChI=1S/C19H31N3O4S/c1-4-19(20,5-2)13-21-18(23)14-10-11-16(26-3)17(12-14)27(24,25)22-15-8-6-7-9-15/h10-12,15,22H,4-9,13,20H2,1-3H3,(H,21,23). The summed E-state index contributed by atoms with van der Waals surface area (Å²) in [6, 6.07) is 4.36. The first-order valence-corrected chi connectivity index (χ1v) is 11.0. The van der Waals surface area contributed by atoms with Crippen molar-refractivity contribution in [2.45, 2.75) is 68.8 Å². The fraction of sp³-hybridized carbons (Fsp3) is 0.632. The average molecular weight is 398 g/mol. The van der Waals surface area contributed by atoms with Gasteiger partial charge in [-0.1, -0.05) is 26.7 Å². The SMILES string of the molecule is CCC(N)(CC)CNC(=O)c1ccc(OC)c(S(=O)(=O)NC2CCCC2)c1. The fourth-order valence-electron chi connectivity index (χ4n) is 3.21. The van der Waals surface area contributed by atoms with Crippen molar-refractivity contribution in [1.29, 1.82) is 0 Å². The number of hydrogen-bond acceptors (Lipinski definition) is 5. The molecule has 4 N–H and O–H groups in total. The van der Waals surface area contributed by atoms with Crippen LogP contribution in [-0.4, -0.2) is 39.6 Å². The van der Waals surface area contributed by atoms with Crippen LogP contribution in [0.15, 0.2) is 23.1 Å². The van der Waals surface area contributed by atoms with Gasteiger partial charge in [0.25, 0.3) is 5.91 Å². The van der Waals surface area contributed by atoms with E-state index in [-0.39, 0.29) is 28.2 Å². The molecular formula is C19H31N3O4S. The van der Waals surface area contributed by atoms with Crippen molar-refractivity contribution in [1.82, 2.24) is 10.0 Å². The molecule has 0 unspecified atom stereocenters. The van der Waals surface area contributed by atoms with E-state index in [0.717, 1.165) is 38.5 Å². The molecule has 1 fully saturated rings. The van der Waals surface area contributed by atoms with E-state index in [9.17, 15) is 13.2 Å². The Balaban J connectivity index is 2.22. The summed E-state index contributed by atoms with van der Waals surface area (Å²) in [6.07, 6.45) is 5.16. The van der Waals surface area contributed by atoms with E-state index < -0.39 is 15.6 Å². The number of sulfonamides is 1. The molecule has 0 radical (unpaired) electrons.